The number of rotatable bonds is 6. The summed E-state index contributed by atoms with van der Waals surface area (Å²) in [5.41, 5.74) is 7.54. The highest BCUT2D eigenvalue weighted by molar-refractivity contribution is 5.75. The molecule has 5 aliphatic rings. The molecule has 1 aliphatic heterocycles. The summed E-state index contributed by atoms with van der Waals surface area (Å²) < 4.78 is 6.41. The topological polar surface area (TPSA) is 107 Å². The quantitative estimate of drug-likeness (QED) is 0.267. The van der Waals surface area contributed by atoms with Gasteiger partial charge in [-0.15, -0.1) is 0 Å². The molecule has 0 spiro atoms. The van der Waals surface area contributed by atoms with Crippen molar-refractivity contribution >= 4 is 12.2 Å². The lowest BCUT2D eigenvalue weighted by molar-refractivity contribution is -0.207. The van der Waals surface area contributed by atoms with Crippen molar-refractivity contribution in [2.75, 3.05) is 26.2 Å². The van der Waals surface area contributed by atoms with Crippen LogP contribution in [0.2, 0.25) is 0 Å². The average molecular weight is 474 g/mol. The van der Waals surface area contributed by atoms with Crippen molar-refractivity contribution in [2.24, 2.45) is 45.3 Å². The van der Waals surface area contributed by atoms with E-state index in [0.717, 1.165) is 44.8 Å². The molecule has 0 aromatic carbocycles. The first kappa shape index (κ1) is 24.5. The van der Waals surface area contributed by atoms with Crippen molar-refractivity contribution in [2.45, 2.75) is 96.2 Å². The Kier molecular flexibility index (Phi) is 6.75. The zero-order chi connectivity index (χ0) is 24.0. The maximum Gasteiger partial charge on any atom is 0.206 e. The van der Waals surface area contributed by atoms with Crippen LogP contribution in [-0.2, 0) is 4.74 Å². The number of nitrogens with two attached hydrogens (primary N) is 1. The second-order valence-electron chi connectivity index (χ2n) is 12.6. The third-order valence-electron chi connectivity index (χ3n) is 11.3. The van der Waals surface area contributed by atoms with Crippen molar-refractivity contribution in [3.63, 3.8) is 0 Å². The molecule has 0 unspecified atom stereocenters. The summed E-state index contributed by atoms with van der Waals surface area (Å²) >= 11 is 0. The van der Waals surface area contributed by atoms with Gasteiger partial charge < -0.3 is 20.5 Å². The second-order valence-corrected chi connectivity index (χ2v) is 12.6. The first-order valence-electron chi connectivity index (χ1n) is 14.0. The SMILES string of the molecule is C[C@]12CC[C@H](OCCN3CCCC3)C[C@H]1CC[C@@H]1[C@@H]2CC[C@]2(C)[C@@H](/C=N/NC(=N)N)CC[C@]12O. The van der Waals surface area contributed by atoms with E-state index < -0.39 is 5.60 Å². The normalized spacial score (nSPS) is 46.7. The maximum atomic E-state index is 12.2. The van der Waals surface area contributed by atoms with E-state index in [1.165, 1.54) is 58.0 Å². The Morgan fingerprint density at radius 2 is 1.91 bits per heavy atom. The number of aliphatic hydroxyl groups is 1. The summed E-state index contributed by atoms with van der Waals surface area (Å²) in [6, 6.07) is 0. The minimum Gasteiger partial charge on any atom is -0.389 e. The lowest BCUT2D eigenvalue weighted by Gasteiger charge is -2.63. The lowest BCUT2D eigenvalue weighted by Crippen LogP contribution is -2.62. The molecular formula is C27H47N5O2. The van der Waals surface area contributed by atoms with Gasteiger partial charge in [0.1, 0.15) is 0 Å². The molecule has 34 heavy (non-hydrogen) atoms. The molecule has 5 rings (SSSR count). The molecule has 0 amide bonds. The van der Waals surface area contributed by atoms with E-state index in [2.05, 4.69) is 29.3 Å². The molecule has 1 saturated heterocycles. The van der Waals surface area contributed by atoms with Gasteiger partial charge in [-0.3, -0.25) is 5.41 Å². The van der Waals surface area contributed by atoms with E-state index in [4.69, 9.17) is 15.9 Å². The van der Waals surface area contributed by atoms with E-state index in [-0.39, 0.29) is 17.3 Å². The zero-order valence-electron chi connectivity index (χ0n) is 21.4. The summed E-state index contributed by atoms with van der Waals surface area (Å²) in [5.74, 6) is 1.82. The number of likely N-dealkylation sites (tertiary alicyclic amines) is 1. The number of nitrogens with zero attached hydrogens (tertiary/aromatic N) is 2. The first-order chi connectivity index (χ1) is 16.3. The van der Waals surface area contributed by atoms with Crippen LogP contribution in [0.3, 0.4) is 0 Å². The third kappa shape index (κ3) is 4.09. The Bertz CT molecular complexity index is 785. The van der Waals surface area contributed by atoms with Crippen molar-refractivity contribution in [3.05, 3.63) is 0 Å². The molecule has 8 atom stereocenters. The largest absolute Gasteiger partial charge is 0.389 e. The predicted molar refractivity (Wildman–Crippen MR) is 136 cm³/mol. The van der Waals surface area contributed by atoms with Gasteiger partial charge >= 0.3 is 0 Å². The van der Waals surface area contributed by atoms with Gasteiger partial charge in [-0.2, -0.15) is 5.10 Å². The fourth-order valence-electron chi connectivity index (χ4n) is 9.17. The lowest BCUT2D eigenvalue weighted by atomic mass is 9.43. The fraction of sp³-hybridized carbons (Fsp3) is 0.926. The highest BCUT2D eigenvalue weighted by Gasteiger charge is 2.66. The number of fused-ring (bicyclic) bond motifs is 5. The van der Waals surface area contributed by atoms with Gasteiger partial charge in [0.05, 0.1) is 18.3 Å². The summed E-state index contributed by atoms with van der Waals surface area (Å²) in [6.07, 6.45) is 15.1. The van der Waals surface area contributed by atoms with Crippen LogP contribution in [-0.4, -0.2) is 60.1 Å². The first-order valence-corrected chi connectivity index (χ1v) is 14.0. The molecular weight excluding hydrogens is 426 g/mol. The van der Waals surface area contributed by atoms with Gasteiger partial charge in [0.2, 0.25) is 5.96 Å². The van der Waals surface area contributed by atoms with Crippen LogP contribution in [0.5, 0.6) is 0 Å². The maximum absolute atomic E-state index is 12.2. The Morgan fingerprint density at radius 1 is 1.12 bits per heavy atom. The third-order valence-corrected chi connectivity index (χ3v) is 11.3. The molecule has 7 heteroatoms. The Morgan fingerprint density at radius 3 is 2.68 bits per heavy atom. The van der Waals surface area contributed by atoms with E-state index in [0.29, 0.717) is 23.4 Å². The number of ether oxygens (including phenoxy) is 1. The fourth-order valence-corrected chi connectivity index (χ4v) is 9.17. The average Bonchev–Trinajstić information content (AvgIpc) is 3.40. The van der Waals surface area contributed by atoms with Crippen LogP contribution < -0.4 is 11.2 Å². The minimum atomic E-state index is -0.611. The molecule has 0 aromatic rings. The molecule has 5 N–H and O–H groups in total. The summed E-state index contributed by atoms with van der Waals surface area (Å²) in [6.45, 7) is 9.33. The van der Waals surface area contributed by atoms with Crippen LogP contribution in [0.4, 0.5) is 0 Å². The Balaban J connectivity index is 1.23. The van der Waals surface area contributed by atoms with Gasteiger partial charge in [0.15, 0.2) is 0 Å². The van der Waals surface area contributed by atoms with Gasteiger partial charge in [-0.05, 0) is 107 Å². The van der Waals surface area contributed by atoms with Crippen molar-refractivity contribution in [1.82, 2.24) is 10.3 Å². The Labute approximate surface area is 205 Å². The van der Waals surface area contributed by atoms with Crippen LogP contribution in [0.1, 0.15) is 84.5 Å². The van der Waals surface area contributed by atoms with Crippen molar-refractivity contribution in [1.29, 1.82) is 5.41 Å². The van der Waals surface area contributed by atoms with Crippen LogP contribution in [0.25, 0.3) is 0 Å². The smallest absolute Gasteiger partial charge is 0.206 e. The summed E-state index contributed by atoms with van der Waals surface area (Å²) in [7, 11) is 0. The number of hydrogen-bond donors (Lipinski definition) is 4. The molecule has 192 valence electrons. The van der Waals surface area contributed by atoms with E-state index in [9.17, 15) is 5.11 Å². The second kappa shape index (κ2) is 9.36. The van der Waals surface area contributed by atoms with Gasteiger partial charge in [0.25, 0.3) is 0 Å². The minimum absolute atomic E-state index is 0.139. The standard InChI is InChI=1S/C27H47N5O2/c1-25-10-8-21(34-16-15-32-13-3-4-14-32)17-19(25)5-6-23-22(25)9-11-26(2)20(7-12-27(23,26)33)18-30-31-24(28)29/h18-23,33H,3-17H2,1-2H3,(H4,28,29,31)/b30-18+/t19-,20-,21+,22+,23-,25+,26-,27+/m1/s1. The highest BCUT2D eigenvalue weighted by Crippen LogP contribution is 2.68. The molecule has 4 aliphatic carbocycles. The molecule has 7 nitrogen and oxygen atoms in total. The van der Waals surface area contributed by atoms with E-state index >= 15 is 0 Å². The molecule has 4 saturated carbocycles. The van der Waals surface area contributed by atoms with Gasteiger partial charge in [-0.25, -0.2) is 5.43 Å². The van der Waals surface area contributed by atoms with E-state index in [1.54, 1.807) is 0 Å². The highest BCUT2D eigenvalue weighted by atomic mass is 16.5. The molecule has 0 bridgehead atoms. The van der Waals surface area contributed by atoms with E-state index in [1.807, 2.05) is 6.21 Å². The van der Waals surface area contributed by atoms with Gasteiger partial charge in [0, 0.05) is 24.1 Å². The van der Waals surface area contributed by atoms with Gasteiger partial charge in [-0.1, -0.05) is 13.8 Å². The van der Waals surface area contributed by atoms with Crippen molar-refractivity contribution in [3.8, 4) is 0 Å². The van der Waals surface area contributed by atoms with Crippen LogP contribution >= 0.6 is 0 Å². The number of nitrogens with one attached hydrogen (secondary N) is 2. The summed E-state index contributed by atoms with van der Waals surface area (Å²) in [4.78, 5) is 2.55. The number of hydrogen-bond acceptors (Lipinski definition) is 5. The Hall–Kier alpha value is -1.18. The number of hydrazone groups is 1. The summed E-state index contributed by atoms with van der Waals surface area (Å²) in [5, 5.41) is 23.8. The van der Waals surface area contributed by atoms with Crippen molar-refractivity contribution < 1.29 is 9.84 Å². The zero-order valence-corrected chi connectivity index (χ0v) is 21.4. The van der Waals surface area contributed by atoms with Crippen LogP contribution in [0.15, 0.2) is 5.10 Å². The van der Waals surface area contributed by atoms with Crippen LogP contribution in [0, 0.1) is 39.9 Å². The molecule has 5 fully saturated rings. The monoisotopic (exact) mass is 473 g/mol. The molecule has 1 heterocycles. The molecule has 0 radical (unpaired) electrons. The predicted octanol–water partition coefficient (Wildman–Crippen LogP) is 3.71. The number of guanidine groups is 1. The molecule has 0 aromatic heterocycles.